The molecule has 0 radical (unpaired) electrons. The van der Waals surface area contributed by atoms with Crippen molar-refractivity contribution in [1.29, 1.82) is 5.26 Å². The highest BCUT2D eigenvalue weighted by Gasteiger charge is 2.41. The Bertz CT molecular complexity index is 492. The van der Waals surface area contributed by atoms with Crippen molar-refractivity contribution >= 4 is 5.91 Å². The fourth-order valence-corrected chi connectivity index (χ4v) is 2.80. The third-order valence-electron chi connectivity index (χ3n) is 4.05. The molecule has 0 aromatic carbocycles. The Morgan fingerprint density at radius 3 is 2.68 bits per heavy atom. The van der Waals surface area contributed by atoms with Crippen LogP contribution in [0.25, 0.3) is 0 Å². The van der Waals surface area contributed by atoms with Crippen molar-refractivity contribution < 1.29 is 9.21 Å². The molecule has 2 rings (SSSR count). The van der Waals surface area contributed by atoms with Gasteiger partial charge in [-0.05, 0) is 25.8 Å². The van der Waals surface area contributed by atoms with E-state index in [2.05, 4.69) is 6.07 Å². The van der Waals surface area contributed by atoms with Crippen LogP contribution in [0.4, 0.5) is 0 Å². The molecule has 0 spiro atoms. The highest BCUT2D eigenvalue weighted by molar-refractivity contribution is 5.85. The summed E-state index contributed by atoms with van der Waals surface area (Å²) in [6.45, 7) is 2.39. The molecule has 1 fully saturated rings. The standard InChI is InChI=1S/C15H20N2O2/c1-12-13(6-9-19-12)10-17(2)14(18)15(11-16)7-4-3-5-8-15/h6,9H,3-5,7-8,10H2,1-2H3. The van der Waals surface area contributed by atoms with Gasteiger partial charge in [0.25, 0.3) is 0 Å². The predicted molar refractivity (Wildman–Crippen MR) is 71.1 cm³/mol. The average molecular weight is 260 g/mol. The zero-order valence-electron chi connectivity index (χ0n) is 11.6. The summed E-state index contributed by atoms with van der Waals surface area (Å²) in [4.78, 5) is 14.2. The van der Waals surface area contributed by atoms with Gasteiger partial charge in [-0.3, -0.25) is 4.79 Å². The van der Waals surface area contributed by atoms with Crippen LogP contribution in [0.3, 0.4) is 0 Å². The molecule has 0 saturated heterocycles. The summed E-state index contributed by atoms with van der Waals surface area (Å²) in [6, 6.07) is 4.15. The molecule has 0 unspecified atom stereocenters. The maximum Gasteiger partial charge on any atom is 0.243 e. The molecule has 0 N–H and O–H groups in total. The molecule has 102 valence electrons. The first-order valence-corrected chi connectivity index (χ1v) is 6.79. The number of hydrogen-bond acceptors (Lipinski definition) is 3. The summed E-state index contributed by atoms with van der Waals surface area (Å²) < 4.78 is 5.24. The first kappa shape index (κ1) is 13.7. The number of furan rings is 1. The number of aryl methyl sites for hydroxylation is 1. The molecule has 1 aliphatic carbocycles. The smallest absolute Gasteiger partial charge is 0.243 e. The third-order valence-corrected chi connectivity index (χ3v) is 4.05. The minimum Gasteiger partial charge on any atom is -0.469 e. The Kier molecular flexibility index (Phi) is 3.94. The molecule has 1 aromatic rings. The van der Waals surface area contributed by atoms with Gasteiger partial charge < -0.3 is 9.32 Å². The lowest BCUT2D eigenvalue weighted by Crippen LogP contribution is -2.42. The van der Waals surface area contributed by atoms with E-state index in [4.69, 9.17) is 4.42 Å². The van der Waals surface area contributed by atoms with Gasteiger partial charge in [-0.2, -0.15) is 5.26 Å². The zero-order chi connectivity index (χ0) is 13.9. The van der Waals surface area contributed by atoms with Crippen LogP contribution in [0.15, 0.2) is 16.7 Å². The van der Waals surface area contributed by atoms with E-state index < -0.39 is 5.41 Å². The number of nitriles is 1. The Morgan fingerprint density at radius 1 is 1.47 bits per heavy atom. The number of amides is 1. The van der Waals surface area contributed by atoms with E-state index in [9.17, 15) is 10.1 Å². The van der Waals surface area contributed by atoms with E-state index in [1.807, 2.05) is 13.0 Å². The lowest BCUT2D eigenvalue weighted by molar-refractivity contribution is -0.139. The highest BCUT2D eigenvalue weighted by Crippen LogP contribution is 2.37. The predicted octanol–water partition coefficient (Wildman–Crippen LogP) is 3.02. The number of rotatable bonds is 3. The Balaban J connectivity index is 2.10. The molecule has 1 aromatic heterocycles. The maximum absolute atomic E-state index is 12.6. The molecule has 19 heavy (non-hydrogen) atoms. The first-order chi connectivity index (χ1) is 9.09. The summed E-state index contributed by atoms with van der Waals surface area (Å²) >= 11 is 0. The van der Waals surface area contributed by atoms with E-state index in [0.717, 1.165) is 30.6 Å². The van der Waals surface area contributed by atoms with Crippen molar-refractivity contribution in [2.24, 2.45) is 5.41 Å². The van der Waals surface area contributed by atoms with E-state index in [1.54, 1.807) is 18.2 Å². The SMILES string of the molecule is Cc1occc1CN(C)C(=O)C1(C#N)CCCCC1. The van der Waals surface area contributed by atoms with Crippen LogP contribution in [0.5, 0.6) is 0 Å². The van der Waals surface area contributed by atoms with Crippen molar-refractivity contribution in [1.82, 2.24) is 4.90 Å². The van der Waals surface area contributed by atoms with E-state index in [1.165, 1.54) is 0 Å². The maximum atomic E-state index is 12.6. The first-order valence-electron chi connectivity index (χ1n) is 6.79. The van der Waals surface area contributed by atoms with E-state index in [-0.39, 0.29) is 5.91 Å². The van der Waals surface area contributed by atoms with Crippen LogP contribution < -0.4 is 0 Å². The van der Waals surface area contributed by atoms with Crippen LogP contribution in [0.1, 0.15) is 43.4 Å². The van der Waals surface area contributed by atoms with Gasteiger partial charge in [-0.1, -0.05) is 19.3 Å². The highest BCUT2D eigenvalue weighted by atomic mass is 16.3. The number of nitrogens with zero attached hydrogens (tertiary/aromatic N) is 2. The molecule has 1 saturated carbocycles. The van der Waals surface area contributed by atoms with Gasteiger partial charge in [0.05, 0.1) is 12.3 Å². The Labute approximate surface area is 114 Å². The van der Waals surface area contributed by atoms with Crippen LogP contribution >= 0.6 is 0 Å². The van der Waals surface area contributed by atoms with Crippen molar-refractivity contribution in [2.45, 2.75) is 45.6 Å². The lowest BCUT2D eigenvalue weighted by atomic mass is 9.74. The van der Waals surface area contributed by atoms with E-state index >= 15 is 0 Å². The fourth-order valence-electron chi connectivity index (χ4n) is 2.80. The molecular formula is C15H20N2O2. The van der Waals surface area contributed by atoms with E-state index in [0.29, 0.717) is 19.4 Å². The van der Waals surface area contributed by atoms with Gasteiger partial charge in [0.15, 0.2) is 0 Å². The summed E-state index contributed by atoms with van der Waals surface area (Å²) in [5.41, 5.74) is 0.199. The second-order valence-corrected chi connectivity index (χ2v) is 5.42. The largest absolute Gasteiger partial charge is 0.469 e. The van der Waals surface area contributed by atoms with Crippen molar-refractivity contribution in [3.8, 4) is 6.07 Å². The zero-order valence-corrected chi connectivity index (χ0v) is 11.6. The van der Waals surface area contributed by atoms with Crippen molar-refractivity contribution in [3.63, 3.8) is 0 Å². The van der Waals surface area contributed by atoms with Gasteiger partial charge in [0, 0.05) is 19.2 Å². The molecular weight excluding hydrogens is 240 g/mol. The number of carbonyl (C=O) groups excluding carboxylic acids is 1. The monoisotopic (exact) mass is 260 g/mol. The second kappa shape index (κ2) is 5.48. The molecule has 0 bridgehead atoms. The number of carbonyl (C=O) groups is 1. The lowest BCUT2D eigenvalue weighted by Gasteiger charge is -2.33. The molecule has 4 nitrogen and oxygen atoms in total. The van der Waals surface area contributed by atoms with Gasteiger partial charge >= 0.3 is 0 Å². The molecule has 1 heterocycles. The fraction of sp³-hybridized carbons (Fsp3) is 0.600. The van der Waals surface area contributed by atoms with Crippen LogP contribution in [0.2, 0.25) is 0 Å². The average Bonchev–Trinajstić information content (AvgIpc) is 2.84. The molecule has 1 aliphatic rings. The third kappa shape index (κ3) is 2.65. The van der Waals surface area contributed by atoms with Gasteiger partial charge in [-0.25, -0.2) is 0 Å². The van der Waals surface area contributed by atoms with Gasteiger partial charge in [0.2, 0.25) is 5.91 Å². The minimum atomic E-state index is -0.801. The molecule has 0 atom stereocenters. The second-order valence-electron chi connectivity index (χ2n) is 5.42. The Hall–Kier alpha value is -1.76. The van der Waals surface area contributed by atoms with Gasteiger partial charge in [0.1, 0.15) is 11.2 Å². The summed E-state index contributed by atoms with van der Waals surface area (Å²) in [6.07, 6.45) is 6.08. The topological polar surface area (TPSA) is 57.2 Å². The Morgan fingerprint density at radius 2 is 2.16 bits per heavy atom. The summed E-state index contributed by atoms with van der Waals surface area (Å²) in [7, 11) is 1.77. The summed E-state index contributed by atoms with van der Waals surface area (Å²) in [5, 5.41) is 9.43. The van der Waals surface area contributed by atoms with Crippen LogP contribution in [-0.2, 0) is 11.3 Å². The summed E-state index contributed by atoms with van der Waals surface area (Å²) in [5.74, 6) is 0.782. The number of hydrogen-bond donors (Lipinski definition) is 0. The van der Waals surface area contributed by atoms with Crippen LogP contribution in [-0.4, -0.2) is 17.9 Å². The molecule has 1 amide bonds. The minimum absolute atomic E-state index is 0.0460. The van der Waals surface area contributed by atoms with Crippen LogP contribution in [0, 0.1) is 23.7 Å². The van der Waals surface area contributed by atoms with Crippen molar-refractivity contribution in [2.75, 3.05) is 7.05 Å². The quantitative estimate of drug-likeness (QED) is 0.839. The van der Waals surface area contributed by atoms with Crippen molar-refractivity contribution in [3.05, 3.63) is 23.7 Å². The normalized spacial score (nSPS) is 17.7. The van der Waals surface area contributed by atoms with Gasteiger partial charge in [-0.15, -0.1) is 0 Å². The molecule has 0 aliphatic heterocycles. The molecule has 4 heteroatoms.